The maximum Gasteiger partial charge on any atom is 0.146 e. The Bertz CT molecular complexity index is 413. The van der Waals surface area contributed by atoms with Crippen LogP contribution in [0.2, 0.25) is 0 Å². The predicted molar refractivity (Wildman–Crippen MR) is 66.6 cm³/mol. The van der Waals surface area contributed by atoms with Gasteiger partial charge in [0.05, 0.1) is 5.69 Å². The SMILES string of the molecule is CCc1cc(CC(=O)C2(CN)CCC2)n(C)n1. The number of carbonyl (C=O) groups is 1. The van der Waals surface area contributed by atoms with Crippen LogP contribution in [0.1, 0.15) is 37.6 Å². The minimum atomic E-state index is -0.226. The quantitative estimate of drug-likeness (QED) is 0.834. The average Bonchev–Trinajstić information content (AvgIpc) is 2.59. The van der Waals surface area contributed by atoms with Crippen molar-refractivity contribution in [2.45, 2.75) is 39.0 Å². The second-order valence-electron chi connectivity index (χ2n) is 5.04. The van der Waals surface area contributed by atoms with Gasteiger partial charge in [-0.2, -0.15) is 5.10 Å². The van der Waals surface area contributed by atoms with E-state index in [1.54, 1.807) is 0 Å². The van der Waals surface area contributed by atoms with Crippen LogP contribution in [-0.4, -0.2) is 22.1 Å². The number of nitrogens with zero attached hydrogens (tertiary/aromatic N) is 2. The van der Waals surface area contributed by atoms with Crippen LogP contribution in [0, 0.1) is 5.41 Å². The standard InChI is InChI=1S/C13H21N3O/c1-3-10-7-11(16(2)15-10)8-12(17)13(9-14)5-4-6-13/h7H,3-6,8-9,14H2,1-2H3. The molecule has 0 radical (unpaired) electrons. The first-order valence-corrected chi connectivity index (χ1v) is 6.36. The molecular formula is C13H21N3O. The van der Waals surface area contributed by atoms with Gasteiger partial charge in [-0.3, -0.25) is 9.48 Å². The molecule has 0 unspecified atom stereocenters. The summed E-state index contributed by atoms with van der Waals surface area (Å²) in [4.78, 5) is 12.3. The van der Waals surface area contributed by atoms with E-state index in [2.05, 4.69) is 12.0 Å². The van der Waals surface area contributed by atoms with Gasteiger partial charge in [-0.15, -0.1) is 0 Å². The zero-order valence-electron chi connectivity index (χ0n) is 10.7. The third-order valence-corrected chi connectivity index (χ3v) is 4.02. The zero-order valence-corrected chi connectivity index (χ0v) is 10.7. The van der Waals surface area contributed by atoms with Gasteiger partial charge >= 0.3 is 0 Å². The van der Waals surface area contributed by atoms with E-state index in [0.717, 1.165) is 37.1 Å². The van der Waals surface area contributed by atoms with Crippen molar-refractivity contribution in [2.24, 2.45) is 18.2 Å². The minimum Gasteiger partial charge on any atom is -0.329 e. The Labute approximate surface area is 102 Å². The molecule has 94 valence electrons. The van der Waals surface area contributed by atoms with Crippen LogP contribution < -0.4 is 5.73 Å². The van der Waals surface area contributed by atoms with Gasteiger partial charge in [0.2, 0.25) is 0 Å². The largest absolute Gasteiger partial charge is 0.329 e. The maximum absolute atomic E-state index is 12.3. The number of hydrogen-bond acceptors (Lipinski definition) is 3. The molecule has 17 heavy (non-hydrogen) atoms. The summed E-state index contributed by atoms with van der Waals surface area (Å²) in [5.41, 5.74) is 7.58. The van der Waals surface area contributed by atoms with Gasteiger partial charge in [-0.25, -0.2) is 0 Å². The molecule has 4 heteroatoms. The molecule has 4 nitrogen and oxygen atoms in total. The molecule has 1 aliphatic rings. The highest BCUT2D eigenvalue weighted by Gasteiger charge is 2.42. The average molecular weight is 235 g/mol. The highest BCUT2D eigenvalue weighted by atomic mass is 16.1. The highest BCUT2D eigenvalue weighted by molar-refractivity contribution is 5.87. The van der Waals surface area contributed by atoms with Crippen molar-refractivity contribution in [1.29, 1.82) is 0 Å². The summed E-state index contributed by atoms with van der Waals surface area (Å²) in [6, 6.07) is 2.03. The van der Waals surface area contributed by atoms with E-state index in [9.17, 15) is 4.79 Å². The van der Waals surface area contributed by atoms with Crippen LogP contribution in [0.5, 0.6) is 0 Å². The lowest BCUT2D eigenvalue weighted by atomic mass is 9.65. The number of carbonyl (C=O) groups excluding carboxylic acids is 1. The van der Waals surface area contributed by atoms with Crippen LogP contribution in [0.3, 0.4) is 0 Å². The summed E-state index contributed by atoms with van der Waals surface area (Å²) in [6.07, 6.45) is 4.43. The van der Waals surface area contributed by atoms with Crippen molar-refractivity contribution in [1.82, 2.24) is 9.78 Å². The smallest absolute Gasteiger partial charge is 0.146 e. The fraction of sp³-hybridized carbons (Fsp3) is 0.692. The Balaban J connectivity index is 2.09. The van der Waals surface area contributed by atoms with Crippen molar-refractivity contribution < 1.29 is 4.79 Å². The van der Waals surface area contributed by atoms with Crippen molar-refractivity contribution in [3.63, 3.8) is 0 Å². The molecule has 0 bridgehead atoms. The molecule has 1 aromatic rings. The third-order valence-electron chi connectivity index (χ3n) is 4.02. The van der Waals surface area contributed by atoms with Crippen molar-refractivity contribution >= 4 is 5.78 Å². The Kier molecular flexibility index (Phi) is 3.33. The Morgan fingerprint density at radius 2 is 2.29 bits per heavy atom. The third kappa shape index (κ3) is 2.14. The van der Waals surface area contributed by atoms with E-state index in [4.69, 9.17) is 5.73 Å². The molecule has 0 atom stereocenters. The molecule has 2 rings (SSSR count). The molecule has 1 aromatic heterocycles. The number of aromatic nitrogens is 2. The topological polar surface area (TPSA) is 60.9 Å². The lowest BCUT2D eigenvalue weighted by Crippen LogP contribution is -2.45. The second-order valence-corrected chi connectivity index (χ2v) is 5.04. The van der Waals surface area contributed by atoms with Crippen molar-refractivity contribution in [3.05, 3.63) is 17.5 Å². The van der Waals surface area contributed by atoms with Crippen LogP contribution in [0.25, 0.3) is 0 Å². The molecule has 1 fully saturated rings. The number of aryl methyl sites for hydroxylation is 2. The van der Waals surface area contributed by atoms with Gasteiger partial charge in [-0.1, -0.05) is 13.3 Å². The van der Waals surface area contributed by atoms with Gasteiger partial charge in [0.1, 0.15) is 5.78 Å². The molecule has 1 heterocycles. The van der Waals surface area contributed by atoms with E-state index >= 15 is 0 Å². The van der Waals surface area contributed by atoms with Crippen molar-refractivity contribution in [3.8, 4) is 0 Å². The lowest BCUT2D eigenvalue weighted by molar-refractivity contribution is -0.132. The molecule has 0 amide bonds. The van der Waals surface area contributed by atoms with Crippen LogP contribution in [-0.2, 0) is 24.7 Å². The number of nitrogens with two attached hydrogens (primary N) is 1. The monoisotopic (exact) mass is 235 g/mol. The van der Waals surface area contributed by atoms with Gasteiger partial charge in [-0.05, 0) is 25.3 Å². The molecule has 0 aromatic carbocycles. The summed E-state index contributed by atoms with van der Waals surface area (Å²) in [7, 11) is 1.90. The van der Waals surface area contributed by atoms with Gasteiger partial charge < -0.3 is 5.73 Å². The van der Waals surface area contributed by atoms with E-state index in [0.29, 0.717) is 13.0 Å². The first-order chi connectivity index (χ1) is 8.11. The molecule has 0 spiro atoms. The first-order valence-electron chi connectivity index (χ1n) is 6.36. The van der Waals surface area contributed by atoms with Gasteiger partial charge in [0.25, 0.3) is 0 Å². The Hall–Kier alpha value is -1.16. The Morgan fingerprint density at radius 3 is 2.71 bits per heavy atom. The van der Waals surface area contributed by atoms with Crippen LogP contribution in [0.4, 0.5) is 0 Å². The van der Waals surface area contributed by atoms with E-state index in [1.807, 2.05) is 17.8 Å². The first kappa shape index (κ1) is 12.3. The van der Waals surface area contributed by atoms with E-state index in [-0.39, 0.29) is 11.2 Å². The Morgan fingerprint density at radius 1 is 1.59 bits per heavy atom. The lowest BCUT2D eigenvalue weighted by Gasteiger charge is -2.39. The molecule has 1 aliphatic carbocycles. The summed E-state index contributed by atoms with van der Waals surface area (Å²) >= 11 is 0. The molecular weight excluding hydrogens is 214 g/mol. The predicted octanol–water partition coefficient (Wildman–Crippen LogP) is 1.22. The summed E-state index contributed by atoms with van der Waals surface area (Å²) in [6.45, 7) is 2.56. The second kappa shape index (κ2) is 4.61. The molecule has 1 saturated carbocycles. The number of rotatable bonds is 5. The van der Waals surface area contributed by atoms with Crippen LogP contribution in [0.15, 0.2) is 6.07 Å². The zero-order chi connectivity index (χ0) is 12.5. The molecule has 0 saturated heterocycles. The van der Waals surface area contributed by atoms with Gasteiger partial charge in [0.15, 0.2) is 0 Å². The highest BCUT2D eigenvalue weighted by Crippen LogP contribution is 2.41. The number of hydrogen-bond donors (Lipinski definition) is 1. The van der Waals surface area contributed by atoms with Gasteiger partial charge in [0, 0.05) is 31.1 Å². The van der Waals surface area contributed by atoms with Crippen molar-refractivity contribution in [2.75, 3.05) is 6.54 Å². The normalized spacial score (nSPS) is 17.8. The molecule has 2 N–H and O–H groups in total. The van der Waals surface area contributed by atoms with Crippen LogP contribution >= 0.6 is 0 Å². The molecule has 0 aliphatic heterocycles. The van der Waals surface area contributed by atoms with E-state index < -0.39 is 0 Å². The summed E-state index contributed by atoms with van der Waals surface area (Å²) in [5, 5.41) is 4.37. The minimum absolute atomic E-state index is 0.226. The fourth-order valence-electron chi connectivity index (χ4n) is 2.46. The summed E-state index contributed by atoms with van der Waals surface area (Å²) in [5.74, 6) is 0.289. The number of Topliss-reactive ketones (excluding diaryl/α,β-unsaturated/α-hetero) is 1. The summed E-state index contributed by atoms with van der Waals surface area (Å²) < 4.78 is 1.82. The van der Waals surface area contributed by atoms with E-state index in [1.165, 1.54) is 0 Å². The number of ketones is 1. The maximum atomic E-state index is 12.3. The fourth-order valence-corrected chi connectivity index (χ4v) is 2.46.